The highest BCUT2D eigenvalue weighted by atomic mass is 35.5. The van der Waals surface area contributed by atoms with Crippen LogP contribution < -0.4 is 5.32 Å². The predicted molar refractivity (Wildman–Crippen MR) is 58.2 cm³/mol. The summed E-state index contributed by atoms with van der Waals surface area (Å²) in [5.41, 5.74) is 0.738. The maximum Gasteiger partial charge on any atom is 0.349 e. The van der Waals surface area contributed by atoms with Crippen LogP contribution in [-0.2, 0) is 11.3 Å². The lowest BCUT2D eigenvalue weighted by Gasteiger charge is -1.93. The van der Waals surface area contributed by atoms with E-state index in [-0.39, 0.29) is 18.4 Å². The highest BCUT2D eigenvalue weighted by Gasteiger charge is 2.14. The van der Waals surface area contributed by atoms with E-state index in [1.807, 2.05) is 14.0 Å². The van der Waals surface area contributed by atoms with Crippen LogP contribution in [-0.4, -0.2) is 25.1 Å². The van der Waals surface area contributed by atoms with E-state index >= 15 is 0 Å². The van der Waals surface area contributed by atoms with E-state index in [1.54, 1.807) is 0 Å². The molecule has 0 fully saturated rings. The minimum atomic E-state index is -0.308. The number of nitrogens with zero attached hydrogens (tertiary/aromatic N) is 1. The van der Waals surface area contributed by atoms with Crippen LogP contribution in [0.4, 0.5) is 0 Å². The van der Waals surface area contributed by atoms with Gasteiger partial charge in [0.2, 0.25) is 0 Å². The molecule has 4 nitrogen and oxygen atoms in total. The molecular weight excluding hydrogens is 224 g/mol. The van der Waals surface area contributed by atoms with Crippen molar-refractivity contribution in [1.82, 2.24) is 10.3 Å². The van der Waals surface area contributed by atoms with Gasteiger partial charge in [-0.2, -0.15) is 0 Å². The number of hydrogen-bond acceptors (Lipinski definition) is 5. The van der Waals surface area contributed by atoms with Crippen LogP contribution in [0.1, 0.15) is 20.4 Å². The third kappa shape index (κ3) is 2.94. The van der Waals surface area contributed by atoms with Crippen LogP contribution in [0.3, 0.4) is 0 Å². The van der Waals surface area contributed by atoms with Crippen molar-refractivity contribution in [3.05, 3.63) is 15.6 Å². The van der Waals surface area contributed by atoms with Gasteiger partial charge in [0.1, 0.15) is 9.88 Å². The van der Waals surface area contributed by atoms with Crippen LogP contribution in [0.5, 0.6) is 0 Å². The number of rotatable bonds is 3. The summed E-state index contributed by atoms with van der Waals surface area (Å²) in [6, 6.07) is 0. The lowest BCUT2D eigenvalue weighted by molar-refractivity contribution is 0.0605. The largest absolute Gasteiger partial charge is 0.465 e. The van der Waals surface area contributed by atoms with Crippen molar-refractivity contribution in [3.8, 4) is 0 Å². The zero-order valence-corrected chi connectivity index (χ0v) is 9.92. The molecule has 1 aromatic heterocycles. The summed E-state index contributed by atoms with van der Waals surface area (Å²) in [6.07, 6.45) is 0. The van der Waals surface area contributed by atoms with Crippen molar-refractivity contribution in [2.24, 2.45) is 0 Å². The summed E-state index contributed by atoms with van der Waals surface area (Å²) in [6.45, 7) is 2.49. The fourth-order valence-electron chi connectivity index (χ4n) is 0.961. The van der Waals surface area contributed by atoms with Crippen LogP contribution in [0.15, 0.2) is 0 Å². The number of ether oxygens (including phenoxy) is 1. The lowest BCUT2D eigenvalue weighted by Crippen LogP contribution is -2.04. The molecule has 0 aromatic carbocycles. The molecule has 0 atom stereocenters. The van der Waals surface area contributed by atoms with Crippen LogP contribution in [0.2, 0.25) is 0 Å². The van der Waals surface area contributed by atoms with Crippen molar-refractivity contribution in [2.75, 3.05) is 14.2 Å². The van der Waals surface area contributed by atoms with Gasteiger partial charge in [-0.1, -0.05) is 0 Å². The molecule has 0 amide bonds. The Morgan fingerprint density at radius 3 is 2.79 bits per heavy atom. The Kier molecular flexibility index (Phi) is 5.68. The first-order valence-corrected chi connectivity index (χ1v) is 4.70. The van der Waals surface area contributed by atoms with E-state index in [0.29, 0.717) is 11.4 Å². The van der Waals surface area contributed by atoms with E-state index in [4.69, 9.17) is 0 Å². The zero-order valence-electron chi connectivity index (χ0n) is 8.29. The zero-order chi connectivity index (χ0) is 9.84. The predicted octanol–water partition coefficient (Wildman–Crippen LogP) is 1.38. The molecule has 1 rings (SSSR count). The van der Waals surface area contributed by atoms with E-state index in [9.17, 15) is 4.79 Å². The molecule has 1 heterocycles. The van der Waals surface area contributed by atoms with Gasteiger partial charge in [-0.3, -0.25) is 0 Å². The number of thiazole rings is 1. The second-order valence-corrected chi connectivity index (χ2v) is 3.63. The third-order valence-electron chi connectivity index (χ3n) is 1.54. The summed E-state index contributed by atoms with van der Waals surface area (Å²) in [7, 11) is 3.22. The van der Waals surface area contributed by atoms with Crippen molar-refractivity contribution in [2.45, 2.75) is 13.5 Å². The van der Waals surface area contributed by atoms with Gasteiger partial charge in [-0.05, 0) is 14.0 Å². The van der Waals surface area contributed by atoms with Gasteiger partial charge in [-0.15, -0.1) is 23.7 Å². The Labute approximate surface area is 93.1 Å². The molecule has 0 bridgehead atoms. The van der Waals surface area contributed by atoms with Gasteiger partial charge in [-0.25, -0.2) is 9.78 Å². The number of methoxy groups -OCH3 is 1. The van der Waals surface area contributed by atoms with E-state index in [2.05, 4.69) is 15.0 Å². The molecule has 1 aromatic rings. The Balaban J connectivity index is 0.00000169. The molecule has 0 aliphatic rings. The monoisotopic (exact) mass is 236 g/mol. The van der Waals surface area contributed by atoms with Gasteiger partial charge in [0.15, 0.2) is 0 Å². The minimum Gasteiger partial charge on any atom is -0.465 e. The van der Waals surface area contributed by atoms with Crippen LogP contribution in [0, 0.1) is 6.92 Å². The molecule has 0 aliphatic carbocycles. The first-order chi connectivity index (χ1) is 6.19. The maximum absolute atomic E-state index is 11.2. The van der Waals surface area contributed by atoms with Crippen LogP contribution >= 0.6 is 23.7 Å². The highest BCUT2D eigenvalue weighted by molar-refractivity contribution is 7.13. The Bertz CT molecular complexity index is 314. The molecule has 0 saturated heterocycles. The Hall–Kier alpha value is -0.650. The van der Waals surface area contributed by atoms with Gasteiger partial charge < -0.3 is 10.1 Å². The molecule has 0 aliphatic heterocycles. The van der Waals surface area contributed by atoms with Crippen molar-refractivity contribution >= 4 is 29.7 Å². The van der Waals surface area contributed by atoms with Gasteiger partial charge in [0.05, 0.1) is 12.8 Å². The fourth-order valence-corrected chi connectivity index (χ4v) is 1.96. The molecule has 0 unspecified atom stereocenters. The molecule has 0 saturated carbocycles. The smallest absolute Gasteiger partial charge is 0.349 e. The van der Waals surface area contributed by atoms with E-state index in [1.165, 1.54) is 18.4 Å². The molecule has 14 heavy (non-hydrogen) atoms. The van der Waals surface area contributed by atoms with Gasteiger partial charge >= 0.3 is 5.97 Å². The Morgan fingerprint density at radius 1 is 1.64 bits per heavy atom. The number of nitrogens with one attached hydrogen (secondary N) is 1. The second kappa shape index (κ2) is 5.95. The average Bonchev–Trinajstić information content (AvgIpc) is 2.46. The summed E-state index contributed by atoms with van der Waals surface area (Å²) >= 11 is 1.37. The number of aromatic nitrogens is 1. The van der Waals surface area contributed by atoms with Crippen molar-refractivity contribution in [3.63, 3.8) is 0 Å². The van der Waals surface area contributed by atoms with Gasteiger partial charge in [0.25, 0.3) is 0 Å². The molecule has 0 radical (unpaired) electrons. The topological polar surface area (TPSA) is 51.2 Å². The standard InChI is InChI=1S/C8H12N2O2S.ClH/c1-5-7(8(11)12-3)13-6(10-5)4-9-2;/h9H,4H2,1-3H3;1H. The summed E-state index contributed by atoms with van der Waals surface area (Å²) < 4.78 is 4.62. The van der Waals surface area contributed by atoms with Crippen molar-refractivity contribution < 1.29 is 9.53 Å². The number of aryl methyl sites for hydroxylation is 1. The number of esters is 1. The molecule has 1 N–H and O–H groups in total. The quantitative estimate of drug-likeness (QED) is 0.806. The SMILES string of the molecule is CNCc1nc(C)c(C(=O)OC)s1.Cl. The number of hydrogen-bond donors (Lipinski definition) is 1. The average molecular weight is 237 g/mol. The number of halogens is 1. The lowest BCUT2D eigenvalue weighted by atomic mass is 10.4. The fraction of sp³-hybridized carbons (Fsp3) is 0.500. The maximum atomic E-state index is 11.2. The molecule has 80 valence electrons. The molecular formula is C8H13ClN2O2S. The normalized spacial score (nSPS) is 9.36. The van der Waals surface area contributed by atoms with Crippen molar-refractivity contribution in [1.29, 1.82) is 0 Å². The summed E-state index contributed by atoms with van der Waals surface area (Å²) in [5, 5.41) is 3.88. The minimum absolute atomic E-state index is 0. The first-order valence-electron chi connectivity index (χ1n) is 3.88. The number of carbonyl (C=O) groups is 1. The number of carbonyl (C=O) groups excluding carboxylic acids is 1. The summed E-state index contributed by atoms with van der Waals surface area (Å²) in [4.78, 5) is 16.0. The van der Waals surface area contributed by atoms with E-state index < -0.39 is 0 Å². The second-order valence-electron chi connectivity index (χ2n) is 2.54. The summed E-state index contributed by atoms with van der Waals surface area (Å²) in [5.74, 6) is -0.308. The third-order valence-corrected chi connectivity index (χ3v) is 2.68. The Morgan fingerprint density at radius 2 is 2.29 bits per heavy atom. The van der Waals surface area contributed by atoms with E-state index in [0.717, 1.165) is 10.7 Å². The van der Waals surface area contributed by atoms with Crippen LogP contribution in [0.25, 0.3) is 0 Å². The first kappa shape index (κ1) is 13.4. The molecule has 6 heteroatoms. The van der Waals surface area contributed by atoms with Gasteiger partial charge in [0, 0.05) is 6.54 Å². The highest BCUT2D eigenvalue weighted by Crippen LogP contribution is 2.18. The molecule has 0 spiro atoms.